The normalized spacial score (nSPS) is 11.2. The highest BCUT2D eigenvalue weighted by atomic mass is 16.5. The summed E-state index contributed by atoms with van der Waals surface area (Å²) in [6, 6.07) is 13.0. The summed E-state index contributed by atoms with van der Waals surface area (Å²) in [5.74, 6) is -0.751. The van der Waals surface area contributed by atoms with Gasteiger partial charge in [0.15, 0.2) is 5.78 Å². The lowest BCUT2D eigenvalue weighted by atomic mass is 10.0. The summed E-state index contributed by atoms with van der Waals surface area (Å²) in [6.07, 6.45) is -0.0942. The fraction of sp³-hybridized carbons (Fsp3) is 0.250. The van der Waals surface area contributed by atoms with Gasteiger partial charge in [0.1, 0.15) is 5.71 Å². The lowest BCUT2D eigenvalue weighted by molar-refractivity contribution is -0.132. The fourth-order valence-electron chi connectivity index (χ4n) is 2.34. The Morgan fingerprint density at radius 1 is 0.958 bits per heavy atom. The molecule has 2 rings (SSSR count). The van der Waals surface area contributed by atoms with E-state index in [0.29, 0.717) is 11.3 Å². The van der Waals surface area contributed by atoms with Gasteiger partial charge >= 0.3 is 5.97 Å². The summed E-state index contributed by atoms with van der Waals surface area (Å²) >= 11 is 0. The summed E-state index contributed by atoms with van der Waals surface area (Å²) in [6.45, 7) is 5.86. The van der Waals surface area contributed by atoms with Crippen LogP contribution in [0.25, 0.3) is 0 Å². The highest BCUT2D eigenvalue weighted by molar-refractivity contribution is 6.41. The van der Waals surface area contributed by atoms with Crippen molar-refractivity contribution in [2.75, 3.05) is 7.11 Å². The second-order valence-electron chi connectivity index (χ2n) is 5.81. The monoisotopic (exact) mass is 323 g/mol. The Labute approximate surface area is 142 Å². The van der Waals surface area contributed by atoms with Gasteiger partial charge in [0.25, 0.3) is 0 Å². The van der Waals surface area contributed by atoms with Gasteiger partial charge in [0.05, 0.1) is 19.2 Å². The van der Waals surface area contributed by atoms with Crippen molar-refractivity contribution in [1.82, 2.24) is 0 Å². The van der Waals surface area contributed by atoms with Gasteiger partial charge in [0.2, 0.25) is 0 Å². The first-order chi connectivity index (χ1) is 11.4. The highest BCUT2D eigenvalue weighted by Crippen LogP contribution is 2.21. The zero-order chi connectivity index (χ0) is 17.7. The number of aryl methyl sites for hydroxylation is 3. The van der Waals surface area contributed by atoms with Crippen molar-refractivity contribution in [1.29, 1.82) is 0 Å². The van der Waals surface area contributed by atoms with Crippen molar-refractivity contribution in [3.63, 3.8) is 0 Å². The molecule has 0 aliphatic carbocycles. The van der Waals surface area contributed by atoms with E-state index < -0.39 is 5.97 Å². The van der Waals surface area contributed by atoms with Crippen molar-refractivity contribution in [2.24, 2.45) is 4.99 Å². The zero-order valence-corrected chi connectivity index (χ0v) is 14.4. The Kier molecular flexibility index (Phi) is 5.64. The van der Waals surface area contributed by atoms with E-state index in [9.17, 15) is 9.59 Å². The van der Waals surface area contributed by atoms with Gasteiger partial charge < -0.3 is 4.74 Å². The minimum absolute atomic E-state index is 0.0942. The van der Waals surface area contributed by atoms with E-state index in [2.05, 4.69) is 4.99 Å². The molecule has 4 heteroatoms. The highest BCUT2D eigenvalue weighted by Gasteiger charge is 2.18. The number of carbonyl (C=O) groups excluding carboxylic acids is 2. The molecule has 0 amide bonds. The van der Waals surface area contributed by atoms with Crippen LogP contribution in [0.3, 0.4) is 0 Å². The Morgan fingerprint density at radius 3 is 2.17 bits per heavy atom. The van der Waals surface area contributed by atoms with E-state index in [0.717, 1.165) is 16.7 Å². The molecule has 24 heavy (non-hydrogen) atoms. The maximum absolute atomic E-state index is 12.4. The van der Waals surface area contributed by atoms with Crippen molar-refractivity contribution >= 4 is 23.2 Å². The molecule has 0 aromatic heterocycles. The minimum Gasteiger partial charge on any atom is -0.465 e. The molecule has 0 fully saturated rings. The number of ketones is 1. The molecule has 2 aromatic rings. The molecule has 0 N–H and O–H groups in total. The fourth-order valence-corrected chi connectivity index (χ4v) is 2.34. The van der Waals surface area contributed by atoms with Crippen LogP contribution in [0.15, 0.2) is 47.5 Å². The van der Waals surface area contributed by atoms with Crippen molar-refractivity contribution in [3.8, 4) is 0 Å². The number of rotatable bonds is 5. The summed E-state index contributed by atoms with van der Waals surface area (Å²) in [5.41, 5.74) is 4.45. The molecule has 0 saturated carbocycles. The van der Waals surface area contributed by atoms with Crippen molar-refractivity contribution in [2.45, 2.75) is 27.2 Å². The number of hydrogen-bond acceptors (Lipinski definition) is 4. The van der Waals surface area contributed by atoms with Crippen molar-refractivity contribution in [3.05, 3.63) is 64.7 Å². The SMILES string of the molecule is COC(=O)C(CC(=O)c1ccc(C)cc1)=Nc1ccc(C)cc1C. The van der Waals surface area contributed by atoms with Gasteiger partial charge in [-0.2, -0.15) is 0 Å². The van der Waals surface area contributed by atoms with Crippen LogP contribution in [0, 0.1) is 20.8 Å². The van der Waals surface area contributed by atoms with Crippen LogP contribution in [0.5, 0.6) is 0 Å². The van der Waals surface area contributed by atoms with E-state index in [1.165, 1.54) is 7.11 Å². The second-order valence-corrected chi connectivity index (χ2v) is 5.81. The molecule has 0 atom stereocenters. The van der Waals surface area contributed by atoms with Crippen LogP contribution < -0.4 is 0 Å². The van der Waals surface area contributed by atoms with Gasteiger partial charge in [-0.1, -0.05) is 47.5 Å². The quantitative estimate of drug-likeness (QED) is 0.472. The molecule has 0 aliphatic heterocycles. The van der Waals surface area contributed by atoms with Gasteiger partial charge in [-0.25, -0.2) is 9.79 Å². The number of hydrogen-bond donors (Lipinski definition) is 0. The molecule has 0 radical (unpaired) electrons. The number of nitrogens with zero attached hydrogens (tertiary/aromatic N) is 1. The van der Waals surface area contributed by atoms with Crippen LogP contribution in [0.4, 0.5) is 5.69 Å². The Morgan fingerprint density at radius 2 is 1.58 bits per heavy atom. The number of Topliss-reactive ketones (excluding diaryl/α,β-unsaturated/α-hetero) is 1. The van der Waals surface area contributed by atoms with E-state index in [4.69, 9.17) is 4.74 Å². The van der Waals surface area contributed by atoms with Gasteiger partial charge in [0, 0.05) is 5.56 Å². The molecule has 0 bridgehead atoms. The third kappa shape index (κ3) is 4.38. The number of aliphatic imine (C=N–C) groups is 1. The molecule has 0 saturated heterocycles. The predicted octanol–water partition coefficient (Wildman–Crippen LogP) is 4.13. The maximum Gasteiger partial charge on any atom is 0.352 e. The van der Waals surface area contributed by atoms with E-state index in [1.807, 2.05) is 51.1 Å². The van der Waals surface area contributed by atoms with Gasteiger partial charge in [-0.05, 0) is 32.4 Å². The van der Waals surface area contributed by atoms with Gasteiger partial charge in [-0.15, -0.1) is 0 Å². The third-order valence-electron chi connectivity index (χ3n) is 3.73. The molecular formula is C20H21NO3. The predicted molar refractivity (Wildman–Crippen MR) is 95.2 cm³/mol. The lowest BCUT2D eigenvalue weighted by Crippen LogP contribution is -2.19. The van der Waals surface area contributed by atoms with Crippen LogP contribution >= 0.6 is 0 Å². The summed E-state index contributed by atoms with van der Waals surface area (Å²) < 4.78 is 4.78. The second kappa shape index (κ2) is 7.68. The van der Waals surface area contributed by atoms with E-state index >= 15 is 0 Å². The first-order valence-electron chi connectivity index (χ1n) is 7.73. The molecule has 2 aromatic carbocycles. The number of carbonyl (C=O) groups is 2. The number of benzene rings is 2. The maximum atomic E-state index is 12.4. The van der Waals surface area contributed by atoms with E-state index in [-0.39, 0.29) is 17.9 Å². The average Bonchev–Trinajstić information content (AvgIpc) is 2.56. The van der Waals surface area contributed by atoms with Gasteiger partial charge in [-0.3, -0.25) is 4.79 Å². The molecule has 0 heterocycles. The minimum atomic E-state index is -0.588. The zero-order valence-electron chi connectivity index (χ0n) is 14.4. The molecule has 0 unspecified atom stereocenters. The van der Waals surface area contributed by atoms with Crippen LogP contribution in [0.1, 0.15) is 33.5 Å². The molecule has 124 valence electrons. The number of esters is 1. The standard InChI is InChI=1S/C20H21NO3/c1-13-5-8-16(9-6-13)19(22)12-18(20(23)24-4)21-17-10-7-14(2)11-15(17)3/h5-11H,12H2,1-4H3. The molecule has 4 nitrogen and oxygen atoms in total. The third-order valence-corrected chi connectivity index (χ3v) is 3.73. The van der Waals surface area contributed by atoms with Crippen LogP contribution in [-0.2, 0) is 9.53 Å². The molecular weight excluding hydrogens is 302 g/mol. The van der Waals surface area contributed by atoms with Crippen molar-refractivity contribution < 1.29 is 14.3 Å². The Balaban J connectivity index is 2.31. The summed E-state index contributed by atoms with van der Waals surface area (Å²) in [5, 5.41) is 0. The number of methoxy groups -OCH3 is 1. The molecule has 0 spiro atoms. The topological polar surface area (TPSA) is 55.7 Å². The summed E-state index contributed by atoms with van der Waals surface area (Å²) in [4.78, 5) is 28.8. The average molecular weight is 323 g/mol. The van der Waals surface area contributed by atoms with Crippen LogP contribution in [0.2, 0.25) is 0 Å². The van der Waals surface area contributed by atoms with Crippen LogP contribution in [-0.4, -0.2) is 24.6 Å². The largest absolute Gasteiger partial charge is 0.465 e. The van der Waals surface area contributed by atoms with E-state index in [1.54, 1.807) is 12.1 Å². The first kappa shape index (κ1) is 17.6. The lowest BCUT2D eigenvalue weighted by Gasteiger charge is -2.07. The Bertz CT molecular complexity index is 789. The first-order valence-corrected chi connectivity index (χ1v) is 7.73. The Hall–Kier alpha value is -2.75. The number of ether oxygens (including phenoxy) is 1. The smallest absolute Gasteiger partial charge is 0.352 e. The molecule has 0 aliphatic rings. The summed E-state index contributed by atoms with van der Waals surface area (Å²) in [7, 11) is 1.29.